The molecule has 26 heavy (non-hydrogen) atoms. The van der Waals surface area contributed by atoms with Gasteiger partial charge in [0, 0.05) is 31.4 Å². The lowest BCUT2D eigenvalue weighted by Crippen LogP contribution is -2.33. The fourth-order valence-electron chi connectivity index (χ4n) is 3.52. The Labute approximate surface area is 152 Å². The van der Waals surface area contributed by atoms with E-state index in [1.54, 1.807) is 13.2 Å². The third-order valence-electron chi connectivity index (χ3n) is 4.78. The van der Waals surface area contributed by atoms with Gasteiger partial charge in [0.15, 0.2) is 0 Å². The van der Waals surface area contributed by atoms with Crippen molar-refractivity contribution >= 4 is 0 Å². The molecule has 0 unspecified atom stereocenters. The van der Waals surface area contributed by atoms with E-state index < -0.39 is 0 Å². The molecule has 6 heteroatoms. The molecule has 0 aliphatic carbocycles. The summed E-state index contributed by atoms with van der Waals surface area (Å²) in [6.45, 7) is 3.37. The minimum absolute atomic E-state index is 0.0371. The van der Waals surface area contributed by atoms with E-state index in [9.17, 15) is 4.79 Å². The summed E-state index contributed by atoms with van der Waals surface area (Å²) < 4.78 is 23.8. The number of fused-ring (bicyclic) bond motifs is 3. The number of hydrogen-bond donors (Lipinski definition) is 0. The monoisotopic (exact) mass is 357 g/mol. The number of pyridine rings is 1. The SMILES string of the molecule is COCc1ccc2c(c1)CCn1c-2cc(OC[C@@H]2COCCO2)cc1=O. The van der Waals surface area contributed by atoms with Crippen molar-refractivity contribution < 1.29 is 18.9 Å². The van der Waals surface area contributed by atoms with E-state index in [4.69, 9.17) is 18.9 Å². The molecular weight excluding hydrogens is 334 g/mol. The van der Waals surface area contributed by atoms with Crippen LogP contribution in [0.25, 0.3) is 11.3 Å². The molecule has 2 aromatic rings. The molecule has 4 rings (SSSR count). The molecule has 0 spiro atoms. The first-order chi connectivity index (χ1) is 12.7. The maximum Gasteiger partial charge on any atom is 0.254 e. The number of aryl methyl sites for hydroxylation is 1. The molecule has 6 nitrogen and oxygen atoms in total. The molecule has 1 saturated heterocycles. The predicted molar refractivity (Wildman–Crippen MR) is 96.6 cm³/mol. The quantitative estimate of drug-likeness (QED) is 0.819. The maximum absolute atomic E-state index is 12.5. The maximum atomic E-state index is 12.5. The first-order valence-electron chi connectivity index (χ1n) is 8.93. The molecule has 3 heterocycles. The summed E-state index contributed by atoms with van der Waals surface area (Å²) in [6, 6.07) is 9.77. The van der Waals surface area contributed by atoms with Crippen LogP contribution in [-0.4, -0.2) is 44.2 Å². The average Bonchev–Trinajstić information content (AvgIpc) is 2.67. The minimum Gasteiger partial charge on any atom is -0.491 e. The Morgan fingerprint density at radius 3 is 2.96 bits per heavy atom. The third-order valence-corrected chi connectivity index (χ3v) is 4.78. The summed E-state index contributed by atoms with van der Waals surface area (Å²) in [5.74, 6) is 0.573. The number of benzene rings is 1. The summed E-state index contributed by atoms with van der Waals surface area (Å²) in [7, 11) is 1.69. The first kappa shape index (κ1) is 17.3. The van der Waals surface area contributed by atoms with Gasteiger partial charge in [0.2, 0.25) is 0 Å². The Bertz CT molecular complexity index is 839. The summed E-state index contributed by atoms with van der Waals surface area (Å²) in [5, 5.41) is 0. The molecule has 0 saturated carbocycles. The van der Waals surface area contributed by atoms with Crippen LogP contribution in [0.15, 0.2) is 35.1 Å². The van der Waals surface area contributed by atoms with Crippen LogP contribution in [0, 0.1) is 0 Å². The largest absolute Gasteiger partial charge is 0.491 e. The molecular formula is C20H23NO5. The van der Waals surface area contributed by atoms with Crippen LogP contribution in [0.5, 0.6) is 5.75 Å². The number of methoxy groups -OCH3 is 1. The highest BCUT2D eigenvalue weighted by Crippen LogP contribution is 2.31. The average molecular weight is 357 g/mol. The highest BCUT2D eigenvalue weighted by Gasteiger charge is 2.20. The predicted octanol–water partition coefficient (Wildman–Crippen LogP) is 2.01. The summed E-state index contributed by atoms with van der Waals surface area (Å²) in [4.78, 5) is 12.5. The lowest BCUT2D eigenvalue weighted by atomic mass is 9.95. The molecule has 0 amide bonds. The van der Waals surface area contributed by atoms with Crippen LogP contribution in [0.3, 0.4) is 0 Å². The summed E-state index contributed by atoms with van der Waals surface area (Å²) >= 11 is 0. The highest BCUT2D eigenvalue weighted by molar-refractivity contribution is 5.67. The number of hydrogen-bond acceptors (Lipinski definition) is 5. The topological polar surface area (TPSA) is 58.9 Å². The van der Waals surface area contributed by atoms with E-state index in [2.05, 4.69) is 12.1 Å². The van der Waals surface area contributed by atoms with Crippen LogP contribution in [0.2, 0.25) is 0 Å². The zero-order valence-corrected chi connectivity index (χ0v) is 14.9. The molecule has 0 radical (unpaired) electrons. The van der Waals surface area contributed by atoms with Crippen molar-refractivity contribution in [2.75, 3.05) is 33.5 Å². The van der Waals surface area contributed by atoms with Crippen molar-refractivity contribution in [1.82, 2.24) is 4.57 Å². The number of nitrogens with zero attached hydrogens (tertiary/aromatic N) is 1. The van der Waals surface area contributed by atoms with Crippen molar-refractivity contribution in [2.45, 2.75) is 25.7 Å². The van der Waals surface area contributed by atoms with Gasteiger partial charge >= 0.3 is 0 Å². The molecule has 2 aliphatic rings. The van der Waals surface area contributed by atoms with E-state index in [-0.39, 0.29) is 11.7 Å². The van der Waals surface area contributed by atoms with Crippen molar-refractivity contribution in [2.24, 2.45) is 0 Å². The van der Waals surface area contributed by atoms with Crippen molar-refractivity contribution in [3.8, 4) is 17.0 Å². The smallest absolute Gasteiger partial charge is 0.254 e. The van der Waals surface area contributed by atoms with E-state index in [0.29, 0.717) is 45.3 Å². The number of ether oxygens (including phenoxy) is 4. The Morgan fingerprint density at radius 2 is 2.15 bits per heavy atom. The van der Waals surface area contributed by atoms with Crippen LogP contribution < -0.4 is 10.3 Å². The van der Waals surface area contributed by atoms with Crippen LogP contribution in [-0.2, 0) is 33.8 Å². The van der Waals surface area contributed by atoms with Gasteiger partial charge < -0.3 is 23.5 Å². The second kappa shape index (κ2) is 7.61. The number of rotatable bonds is 5. The second-order valence-corrected chi connectivity index (χ2v) is 6.62. The van der Waals surface area contributed by atoms with Gasteiger partial charge in [0.05, 0.1) is 32.1 Å². The van der Waals surface area contributed by atoms with E-state index >= 15 is 0 Å². The number of aromatic nitrogens is 1. The van der Waals surface area contributed by atoms with Crippen LogP contribution in [0.4, 0.5) is 0 Å². The van der Waals surface area contributed by atoms with Gasteiger partial charge in [0.1, 0.15) is 18.5 Å². The van der Waals surface area contributed by atoms with Gasteiger partial charge in [-0.25, -0.2) is 0 Å². The highest BCUT2D eigenvalue weighted by atomic mass is 16.6. The lowest BCUT2D eigenvalue weighted by molar-refractivity contribution is -0.101. The zero-order chi connectivity index (χ0) is 17.9. The first-order valence-corrected chi connectivity index (χ1v) is 8.93. The normalized spacial score (nSPS) is 18.9. The molecule has 0 N–H and O–H groups in total. The fourth-order valence-corrected chi connectivity index (χ4v) is 3.52. The fraction of sp³-hybridized carbons (Fsp3) is 0.450. The van der Waals surface area contributed by atoms with Crippen molar-refractivity contribution in [3.63, 3.8) is 0 Å². The Morgan fingerprint density at radius 1 is 1.23 bits per heavy atom. The second-order valence-electron chi connectivity index (χ2n) is 6.62. The van der Waals surface area contributed by atoms with Crippen molar-refractivity contribution in [1.29, 1.82) is 0 Å². The van der Waals surface area contributed by atoms with Gasteiger partial charge in [-0.1, -0.05) is 18.2 Å². The van der Waals surface area contributed by atoms with Crippen LogP contribution in [0.1, 0.15) is 11.1 Å². The molecule has 1 fully saturated rings. The van der Waals surface area contributed by atoms with Gasteiger partial charge in [-0.2, -0.15) is 0 Å². The summed E-state index contributed by atoms with van der Waals surface area (Å²) in [5.41, 5.74) is 4.32. The van der Waals surface area contributed by atoms with Gasteiger partial charge in [-0.15, -0.1) is 0 Å². The summed E-state index contributed by atoms with van der Waals surface area (Å²) in [6.07, 6.45) is 0.749. The van der Waals surface area contributed by atoms with Crippen LogP contribution >= 0.6 is 0 Å². The third kappa shape index (κ3) is 3.53. The molecule has 138 valence electrons. The molecule has 0 bridgehead atoms. The van der Waals surface area contributed by atoms with Gasteiger partial charge in [0.25, 0.3) is 5.56 Å². The standard InChI is InChI=1S/C20H23NO5/c1-23-11-14-2-3-18-15(8-14)4-5-21-19(18)9-16(10-20(21)22)26-13-17-12-24-6-7-25-17/h2-3,8-10,17H,4-7,11-13H2,1H3/t17-/m0/s1. The molecule has 1 aromatic carbocycles. The van der Waals surface area contributed by atoms with E-state index in [0.717, 1.165) is 23.2 Å². The Balaban J connectivity index is 1.60. The zero-order valence-electron chi connectivity index (χ0n) is 14.9. The molecule has 1 aromatic heterocycles. The van der Waals surface area contributed by atoms with E-state index in [1.165, 1.54) is 5.56 Å². The minimum atomic E-state index is -0.0913. The van der Waals surface area contributed by atoms with E-state index in [1.807, 2.05) is 16.7 Å². The molecule has 2 aliphatic heterocycles. The van der Waals surface area contributed by atoms with Crippen molar-refractivity contribution in [3.05, 3.63) is 51.8 Å². The van der Waals surface area contributed by atoms with Gasteiger partial charge in [-0.3, -0.25) is 4.79 Å². The Kier molecular flexibility index (Phi) is 5.06. The molecule has 1 atom stereocenters. The Hall–Kier alpha value is -2.15. The van der Waals surface area contributed by atoms with Gasteiger partial charge in [-0.05, 0) is 17.5 Å². The lowest BCUT2D eigenvalue weighted by Gasteiger charge is -2.25.